The minimum absolute atomic E-state index is 0.0298. The molecule has 116 valence electrons. The molecule has 0 aliphatic carbocycles. The number of aromatic nitrogens is 7. The SMILES string of the molecule is [3H]n1ccc(OCc2c(-n3nnn(C)c3=O)ccn2C(F)F)n1. The molecular formula is C11H11F2N7O2. The van der Waals surface area contributed by atoms with Crippen LogP contribution in [0.3, 0.4) is 0 Å². The number of ether oxygens (including phenoxy) is 1. The molecule has 0 fully saturated rings. The number of rotatable bonds is 5. The Balaban J connectivity index is 1.97. The number of H-pyrrole nitrogens is 1. The van der Waals surface area contributed by atoms with Gasteiger partial charge in [-0.1, -0.05) is 0 Å². The second-order valence-electron chi connectivity index (χ2n) is 4.29. The third kappa shape index (κ3) is 2.36. The van der Waals surface area contributed by atoms with Gasteiger partial charge in [0.2, 0.25) is 5.88 Å². The van der Waals surface area contributed by atoms with Crippen molar-refractivity contribution in [3.63, 3.8) is 0 Å². The summed E-state index contributed by atoms with van der Waals surface area (Å²) >= 11 is 0. The van der Waals surface area contributed by atoms with Gasteiger partial charge in [-0.25, -0.2) is 4.79 Å². The van der Waals surface area contributed by atoms with Gasteiger partial charge in [0, 0.05) is 25.5 Å². The molecule has 11 heteroatoms. The maximum Gasteiger partial charge on any atom is 0.368 e. The van der Waals surface area contributed by atoms with Crippen LogP contribution < -0.4 is 10.4 Å². The van der Waals surface area contributed by atoms with E-state index in [1.54, 1.807) is 0 Å². The fourth-order valence-corrected chi connectivity index (χ4v) is 1.90. The Kier molecular flexibility index (Phi) is 3.14. The van der Waals surface area contributed by atoms with Crippen molar-refractivity contribution in [3.8, 4) is 11.6 Å². The molecule has 3 aromatic rings. The van der Waals surface area contributed by atoms with Crippen LogP contribution in [-0.4, -0.2) is 34.5 Å². The highest BCUT2D eigenvalue weighted by atomic mass is 19.3. The van der Waals surface area contributed by atoms with E-state index in [4.69, 9.17) is 6.15 Å². The molecule has 0 atom stereocenters. The van der Waals surface area contributed by atoms with Gasteiger partial charge >= 0.3 is 12.2 Å². The van der Waals surface area contributed by atoms with Gasteiger partial charge in [-0.15, -0.1) is 5.10 Å². The lowest BCUT2D eigenvalue weighted by molar-refractivity contribution is 0.0640. The van der Waals surface area contributed by atoms with Crippen LogP contribution in [0.1, 0.15) is 12.2 Å². The number of alkyl halides is 2. The van der Waals surface area contributed by atoms with Gasteiger partial charge in [0.15, 0.2) is 1.41 Å². The number of hydrogen-bond acceptors (Lipinski definition) is 5. The maximum absolute atomic E-state index is 13.1. The van der Waals surface area contributed by atoms with E-state index in [9.17, 15) is 13.6 Å². The van der Waals surface area contributed by atoms with E-state index in [0.717, 1.165) is 20.7 Å². The van der Waals surface area contributed by atoms with E-state index in [1.807, 2.05) is 0 Å². The van der Waals surface area contributed by atoms with Crippen LogP contribution in [0.5, 0.6) is 5.88 Å². The number of nitrogens with one attached hydrogen (secondary N) is 1. The monoisotopic (exact) mass is 313 g/mol. The first-order valence-corrected chi connectivity index (χ1v) is 6.12. The largest absolute Gasteiger partial charge is 0.470 e. The minimum atomic E-state index is -2.82. The molecule has 22 heavy (non-hydrogen) atoms. The quantitative estimate of drug-likeness (QED) is 0.738. The number of hydrogen-bond donors (Lipinski definition) is 1. The van der Waals surface area contributed by atoms with E-state index in [2.05, 4.69) is 15.5 Å². The zero-order chi connectivity index (χ0) is 16.6. The molecule has 0 saturated heterocycles. The smallest absolute Gasteiger partial charge is 0.368 e. The molecular weight excluding hydrogens is 300 g/mol. The molecule has 3 heterocycles. The third-order valence-electron chi connectivity index (χ3n) is 2.96. The lowest BCUT2D eigenvalue weighted by Crippen LogP contribution is -2.23. The second kappa shape index (κ2) is 5.42. The molecule has 3 aromatic heterocycles. The first-order chi connectivity index (χ1) is 11.0. The molecule has 0 saturated carbocycles. The van der Waals surface area contributed by atoms with E-state index >= 15 is 0 Å². The minimum Gasteiger partial charge on any atom is -0.470 e. The van der Waals surface area contributed by atoms with Gasteiger partial charge < -0.3 is 4.74 Å². The topological polar surface area (TPSA) is 95.5 Å². The maximum atomic E-state index is 13.1. The normalized spacial score (nSPS) is 11.9. The standard InChI is InChI=1S/C11H11F2N7O2/c1-18-11(21)20(17-16-18)7-3-5-19(10(12)13)8(7)6-22-9-2-4-14-15-9/h2-5,10H,6H2,1H3,(H,14,15)/i/hT. The Morgan fingerprint density at radius 3 is 2.86 bits per heavy atom. The van der Waals surface area contributed by atoms with Gasteiger partial charge in [-0.05, 0) is 16.5 Å². The van der Waals surface area contributed by atoms with Crippen molar-refractivity contribution in [2.45, 2.75) is 13.2 Å². The van der Waals surface area contributed by atoms with Crippen LogP contribution >= 0.6 is 0 Å². The molecule has 9 nitrogen and oxygen atoms in total. The lowest BCUT2D eigenvalue weighted by atomic mass is 10.4. The number of nitrogens with zero attached hydrogens (tertiary/aromatic N) is 6. The van der Waals surface area contributed by atoms with E-state index in [-0.39, 0.29) is 23.9 Å². The van der Waals surface area contributed by atoms with Crippen LogP contribution in [0.15, 0.2) is 29.3 Å². The van der Waals surface area contributed by atoms with E-state index in [1.165, 1.54) is 25.4 Å². The van der Waals surface area contributed by atoms with Crippen molar-refractivity contribution < 1.29 is 14.9 Å². The predicted molar refractivity (Wildman–Crippen MR) is 68.8 cm³/mol. The summed E-state index contributed by atoms with van der Waals surface area (Å²) in [6.07, 6.45) is 2.46. The molecule has 0 amide bonds. The molecule has 0 aliphatic rings. The molecule has 1 N–H and O–H groups in total. The van der Waals surface area contributed by atoms with Gasteiger partial charge in [0.05, 0.1) is 11.4 Å². The van der Waals surface area contributed by atoms with Crippen molar-refractivity contribution in [2.75, 3.05) is 0 Å². The predicted octanol–water partition coefficient (Wildman–Crippen LogP) is 0.465. The first kappa shape index (κ1) is 12.7. The van der Waals surface area contributed by atoms with Gasteiger partial charge in [0.25, 0.3) is 0 Å². The van der Waals surface area contributed by atoms with Gasteiger partial charge in [-0.2, -0.15) is 18.1 Å². The Bertz CT molecular complexity index is 881. The zero-order valence-corrected chi connectivity index (χ0v) is 11.3. The molecule has 0 radical (unpaired) electrons. The van der Waals surface area contributed by atoms with Crippen LogP contribution in [0.4, 0.5) is 8.78 Å². The Morgan fingerprint density at radius 2 is 2.27 bits per heavy atom. The molecule has 3 rings (SSSR count). The number of aromatic amines is 1. The highest BCUT2D eigenvalue weighted by Gasteiger charge is 2.20. The summed E-state index contributed by atoms with van der Waals surface area (Å²) in [7, 11) is 1.40. The van der Waals surface area contributed by atoms with Crippen LogP contribution in [-0.2, 0) is 13.7 Å². The highest BCUT2D eigenvalue weighted by Crippen LogP contribution is 2.22. The Morgan fingerprint density at radius 1 is 1.45 bits per heavy atom. The summed E-state index contributed by atoms with van der Waals surface area (Å²) in [5.41, 5.74) is -0.412. The van der Waals surface area contributed by atoms with Crippen LogP contribution in [0.25, 0.3) is 5.69 Å². The molecule has 0 bridgehead atoms. The van der Waals surface area contributed by atoms with E-state index < -0.39 is 12.2 Å². The lowest BCUT2D eigenvalue weighted by Gasteiger charge is -2.10. The summed E-state index contributed by atoms with van der Waals surface area (Å²) in [5, 5.41) is 11.6. The first-order valence-electron chi connectivity index (χ1n) is 6.57. The fraction of sp³-hybridized carbons (Fsp3) is 0.273. The third-order valence-corrected chi connectivity index (χ3v) is 2.96. The zero-order valence-electron chi connectivity index (χ0n) is 12.3. The average Bonchev–Trinajstić information content (AvgIpc) is 3.18. The fourth-order valence-electron chi connectivity index (χ4n) is 1.90. The summed E-state index contributed by atoms with van der Waals surface area (Å²) in [4.78, 5) is 11.9. The summed E-state index contributed by atoms with van der Waals surface area (Å²) in [5.74, 6) is 0.0967. The average molecular weight is 313 g/mol. The summed E-state index contributed by atoms with van der Waals surface area (Å²) < 4.78 is 41.3. The number of aryl methyl sites for hydroxylation is 1. The Labute approximate surface area is 123 Å². The second-order valence-corrected chi connectivity index (χ2v) is 4.29. The number of halogens is 2. The van der Waals surface area contributed by atoms with Crippen molar-refractivity contribution in [1.29, 1.82) is 0 Å². The summed E-state index contributed by atoms with van der Waals surface area (Å²) in [6.45, 7) is -3.10. The Hall–Kier alpha value is -2.98. The van der Waals surface area contributed by atoms with Crippen molar-refractivity contribution >= 4 is 0 Å². The molecule has 0 spiro atoms. The van der Waals surface area contributed by atoms with Crippen LogP contribution in [0, 0.1) is 0 Å². The van der Waals surface area contributed by atoms with Crippen molar-refractivity contribution in [2.24, 2.45) is 7.05 Å². The number of tetrazole rings is 1. The van der Waals surface area contributed by atoms with Gasteiger partial charge in [-0.3, -0.25) is 9.66 Å². The van der Waals surface area contributed by atoms with Gasteiger partial charge in [0.1, 0.15) is 6.61 Å². The van der Waals surface area contributed by atoms with Crippen LogP contribution in [0.2, 0.25) is 1.41 Å². The van der Waals surface area contributed by atoms with Crippen molar-refractivity contribution in [3.05, 3.63) is 40.7 Å². The van der Waals surface area contributed by atoms with Crippen molar-refractivity contribution in [1.82, 2.24) is 34.5 Å². The van der Waals surface area contributed by atoms with E-state index in [0.29, 0.717) is 4.57 Å². The molecule has 0 unspecified atom stereocenters. The molecule has 0 aromatic carbocycles. The highest BCUT2D eigenvalue weighted by molar-refractivity contribution is 5.37. The molecule has 0 aliphatic heterocycles. The summed E-state index contributed by atoms with van der Waals surface area (Å²) in [6, 6.07) is 2.74.